The Hall–Kier alpha value is -5.28. The molecule has 0 bridgehead atoms. The minimum atomic E-state index is 0.996. The van der Waals surface area contributed by atoms with Crippen molar-refractivity contribution in [3.8, 4) is 39.1 Å². The fourth-order valence-electron chi connectivity index (χ4n) is 6.64. The van der Waals surface area contributed by atoms with E-state index in [2.05, 4.69) is 113 Å². The van der Waals surface area contributed by atoms with Crippen molar-refractivity contribution in [2.75, 3.05) is 0 Å². The molecular weight excluding hydrogens is 474 g/mol. The van der Waals surface area contributed by atoms with Crippen LogP contribution in [-0.4, -0.2) is 14.5 Å². The molecule has 0 amide bonds. The Kier molecular flexibility index (Phi) is 4.05. The van der Waals surface area contributed by atoms with Crippen LogP contribution in [0.3, 0.4) is 0 Å². The SMILES string of the molecule is c1cc(-c2ccc3c4c(cccc24)-c2ccccc2-3)cc(-n2c3ccncc3c3c4ccccc4ncc32)c1. The van der Waals surface area contributed by atoms with Crippen LogP contribution in [0.5, 0.6) is 0 Å². The number of hydrogen-bond acceptors (Lipinski definition) is 2. The summed E-state index contributed by atoms with van der Waals surface area (Å²) in [6, 6.07) is 39.3. The van der Waals surface area contributed by atoms with Gasteiger partial charge in [0.1, 0.15) is 0 Å². The van der Waals surface area contributed by atoms with Gasteiger partial charge >= 0.3 is 0 Å². The second-order valence-electron chi connectivity index (χ2n) is 10.2. The third-order valence-corrected chi connectivity index (χ3v) is 8.27. The number of rotatable bonds is 2. The Morgan fingerprint density at radius 1 is 0.487 bits per heavy atom. The first-order valence-electron chi connectivity index (χ1n) is 13.2. The highest BCUT2D eigenvalue weighted by molar-refractivity contribution is 6.21. The predicted octanol–water partition coefficient (Wildman–Crippen LogP) is 9.19. The molecule has 0 atom stereocenters. The molecule has 0 saturated carbocycles. The minimum absolute atomic E-state index is 0.996. The standard InChI is InChI=1S/C36H21N3/c1-2-10-26-25(9-1)28-13-6-12-27-24(15-16-29(26)35(27)28)22-7-5-8-23(19-22)39-33-17-18-37-20-31(33)36-30-11-3-4-14-32(30)38-21-34(36)39/h1-21H. The highest BCUT2D eigenvalue weighted by atomic mass is 15.0. The van der Waals surface area contributed by atoms with E-state index < -0.39 is 0 Å². The highest BCUT2D eigenvalue weighted by Gasteiger charge is 2.22. The molecule has 0 spiro atoms. The third-order valence-electron chi connectivity index (χ3n) is 8.27. The molecular formula is C36H21N3. The number of aromatic nitrogens is 3. The van der Waals surface area contributed by atoms with Crippen LogP contribution in [0.25, 0.3) is 82.5 Å². The van der Waals surface area contributed by atoms with Crippen LogP contribution in [0.1, 0.15) is 0 Å². The lowest BCUT2D eigenvalue weighted by atomic mass is 9.94. The van der Waals surface area contributed by atoms with Crippen LogP contribution in [0.2, 0.25) is 0 Å². The lowest BCUT2D eigenvalue weighted by molar-refractivity contribution is 1.17. The van der Waals surface area contributed by atoms with Crippen molar-refractivity contribution >= 4 is 43.5 Å². The number of para-hydroxylation sites is 1. The average molecular weight is 496 g/mol. The van der Waals surface area contributed by atoms with Gasteiger partial charge in [-0.1, -0.05) is 84.9 Å². The normalized spacial score (nSPS) is 12.1. The summed E-state index contributed by atoms with van der Waals surface area (Å²) in [4.78, 5) is 9.30. The van der Waals surface area contributed by atoms with Crippen molar-refractivity contribution in [1.82, 2.24) is 14.5 Å². The first kappa shape index (κ1) is 20.7. The maximum Gasteiger partial charge on any atom is 0.0731 e. The van der Waals surface area contributed by atoms with Gasteiger partial charge < -0.3 is 4.57 Å². The molecule has 3 aromatic heterocycles. The number of fused-ring (bicyclic) bond motifs is 8. The fraction of sp³-hybridized carbons (Fsp3) is 0. The molecule has 0 fully saturated rings. The van der Waals surface area contributed by atoms with E-state index in [9.17, 15) is 0 Å². The largest absolute Gasteiger partial charge is 0.308 e. The van der Waals surface area contributed by atoms with E-state index in [1.807, 2.05) is 24.7 Å². The lowest BCUT2D eigenvalue weighted by Gasteiger charge is -2.13. The number of nitrogens with zero attached hydrogens (tertiary/aromatic N) is 3. The number of benzene rings is 5. The molecule has 1 aliphatic rings. The zero-order valence-electron chi connectivity index (χ0n) is 21.0. The summed E-state index contributed by atoms with van der Waals surface area (Å²) >= 11 is 0. The molecule has 0 unspecified atom stereocenters. The second kappa shape index (κ2) is 7.62. The van der Waals surface area contributed by atoms with E-state index in [4.69, 9.17) is 4.98 Å². The molecule has 0 saturated heterocycles. The summed E-state index contributed by atoms with van der Waals surface area (Å²) in [5.41, 5.74) is 12.1. The van der Waals surface area contributed by atoms with E-state index in [1.165, 1.54) is 49.5 Å². The summed E-state index contributed by atoms with van der Waals surface area (Å²) in [5.74, 6) is 0. The molecule has 3 nitrogen and oxygen atoms in total. The van der Waals surface area contributed by atoms with Crippen LogP contribution in [0, 0.1) is 0 Å². The second-order valence-corrected chi connectivity index (χ2v) is 10.2. The van der Waals surface area contributed by atoms with Gasteiger partial charge in [0, 0.05) is 34.2 Å². The smallest absolute Gasteiger partial charge is 0.0731 e. The van der Waals surface area contributed by atoms with Crippen molar-refractivity contribution in [2.45, 2.75) is 0 Å². The lowest BCUT2D eigenvalue weighted by Crippen LogP contribution is -1.95. The molecule has 3 heterocycles. The van der Waals surface area contributed by atoms with Gasteiger partial charge in [0.25, 0.3) is 0 Å². The van der Waals surface area contributed by atoms with E-state index in [0.717, 1.165) is 33.0 Å². The molecule has 8 aromatic rings. The van der Waals surface area contributed by atoms with Crippen molar-refractivity contribution in [3.05, 3.63) is 128 Å². The molecule has 0 N–H and O–H groups in total. The van der Waals surface area contributed by atoms with Crippen LogP contribution in [0.15, 0.2) is 128 Å². The third kappa shape index (κ3) is 2.76. The monoisotopic (exact) mass is 495 g/mol. The maximum atomic E-state index is 4.82. The van der Waals surface area contributed by atoms with Crippen molar-refractivity contribution < 1.29 is 0 Å². The molecule has 0 aliphatic heterocycles. The van der Waals surface area contributed by atoms with Gasteiger partial charge in [-0.05, 0) is 68.4 Å². The Morgan fingerprint density at radius 3 is 2.15 bits per heavy atom. The Morgan fingerprint density at radius 2 is 1.23 bits per heavy atom. The highest BCUT2D eigenvalue weighted by Crippen LogP contribution is 2.49. The van der Waals surface area contributed by atoms with Crippen LogP contribution < -0.4 is 0 Å². The van der Waals surface area contributed by atoms with Gasteiger partial charge in [-0.15, -0.1) is 0 Å². The van der Waals surface area contributed by atoms with E-state index in [0.29, 0.717) is 0 Å². The van der Waals surface area contributed by atoms with Crippen molar-refractivity contribution in [1.29, 1.82) is 0 Å². The average Bonchev–Trinajstić information content (AvgIpc) is 3.52. The van der Waals surface area contributed by atoms with Gasteiger partial charge in [0.2, 0.25) is 0 Å². The summed E-state index contributed by atoms with van der Waals surface area (Å²) in [6.07, 6.45) is 5.85. The molecule has 1 aliphatic carbocycles. The summed E-state index contributed by atoms with van der Waals surface area (Å²) < 4.78 is 2.32. The Balaban J connectivity index is 1.31. The van der Waals surface area contributed by atoms with Crippen LogP contribution >= 0.6 is 0 Å². The number of pyridine rings is 2. The topological polar surface area (TPSA) is 30.7 Å². The quantitative estimate of drug-likeness (QED) is 0.239. The summed E-state index contributed by atoms with van der Waals surface area (Å²) in [5, 5.41) is 6.12. The first-order valence-corrected chi connectivity index (χ1v) is 13.2. The molecule has 180 valence electrons. The van der Waals surface area contributed by atoms with E-state index in [-0.39, 0.29) is 0 Å². The Bertz CT molecular complexity index is 2260. The Labute approximate surface area is 224 Å². The van der Waals surface area contributed by atoms with Crippen LogP contribution in [-0.2, 0) is 0 Å². The van der Waals surface area contributed by atoms with Gasteiger partial charge in [0.15, 0.2) is 0 Å². The molecule has 5 aromatic carbocycles. The van der Waals surface area contributed by atoms with Gasteiger partial charge in [-0.3, -0.25) is 9.97 Å². The van der Waals surface area contributed by atoms with E-state index >= 15 is 0 Å². The zero-order chi connectivity index (χ0) is 25.5. The minimum Gasteiger partial charge on any atom is -0.308 e. The molecule has 3 heteroatoms. The van der Waals surface area contributed by atoms with E-state index in [1.54, 1.807) is 0 Å². The maximum absolute atomic E-state index is 4.82. The fourth-order valence-corrected chi connectivity index (χ4v) is 6.64. The molecule has 0 radical (unpaired) electrons. The van der Waals surface area contributed by atoms with Crippen LogP contribution in [0.4, 0.5) is 0 Å². The molecule has 9 rings (SSSR count). The van der Waals surface area contributed by atoms with Crippen molar-refractivity contribution in [2.24, 2.45) is 0 Å². The number of hydrogen-bond donors (Lipinski definition) is 0. The zero-order valence-corrected chi connectivity index (χ0v) is 21.0. The van der Waals surface area contributed by atoms with Gasteiger partial charge in [0.05, 0.1) is 22.7 Å². The van der Waals surface area contributed by atoms with Gasteiger partial charge in [-0.25, -0.2) is 0 Å². The van der Waals surface area contributed by atoms with Crippen molar-refractivity contribution in [3.63, 3.8) is 0 Å². The molecule has 39 heavy (non-hydrogen) atoms. The predicted molar refractivity (Wildman–Crippen MR) is 161 cm³/mol. The summed E-state index contributed by atoms with van der Waals surface area (Å²) in [6.45, 7) is 0. The summed E-state index contributed by atoms with van der Waals surface area (Å²) in [7, 11) is 0. The first-order chi connectivity index (χ1) is 19.4. The van der Waals surface area contributed by atoms with Gasteiger partial charge in [-0.2, -0.15) is 0 Å².